The van der Waals surface area contributed by atoms with E-state index in [1.165, 1.54) is 17.0 Å². The van der Waals surface area contributed by atoms with E-state index in [1.54, 1.807) is 43.3 Å². The maximum absolute atomic E-state index is 13.3. The van der Waals surface area contributed by atoms with Crippen molar-refractivity contribution in [2.45, 2.75) is 45.7 Å². The van der Waals surface area contributed by atoms with Gasteiger partial charge < -0.3 is 10.2 Å². The first-order valence-corrected chi connectivity index (χ1v) is 11.1. The first-order valence-electron chi connectivity index (χ1n) is 11.1. The Bertz CT molecular complexity index is 1000. The molecule has 174 valence electrons. The van der Waals surface area contributed by atoms with Crippen molar-refractivity contribution in [2.75, 3.05) is 13.1 Å². The predicted molar refractivity (Wildman–Crippen MR) is 121 cm³/mol. The van der Waals surface area contributed by atoms with Crippen LogP contribution in [0.25, 0.3) is 0 Å². The Labute approximate surface area is 192 Å². The highest BCUT2D eigenvalue weighted by molar-refractivity contribution is 6.21. The average Bonchev–Trinajstić information content (AvgIpc) is 3.05. The Morgan fingerprint density at radius 1 is 1.00 bits per heavy atom. The quantitative estimate of drug-likeness (QED) is 0.560. The molecule has 33 heavy (non-hydrogen) atoms. The number of hydrogen-bond donors (Lipinski definition) is 1. The standard InChI is InChI=1S/C25H28FN3O4/c1-3-21(23(31)27-4-2)29(16-17-11-13-18(26)14-12-17)22(30)10-7-15-28-24(32)19-8-5-6-9-20(19)25(28)33/h5-6,8-9,11-14,21H,3-4,7,10,15-16H2,1-2H3,(H,27,31). The largest absolute Gasteiger partial charge is 0.355 e. The summed E-state index contributed by atoms with van der Waals surface area (Å²) in [6, 6.07) is 11.7. The van der Waals surface area contributed by atoms with Crippen LogP contribution < -0.4 is 5.32 Å². The molecule has 7 nitrogen and oxygen atoms in total. The molecule has 0 aliphatic carbocycles. The zero-order chi connectivity index (χ0) is 24.0. The van der Waals surface area contributed by atoms with Crippen LogP contribution >= 0.6 is 0 Å². The summed E-state index contributed by atoms with van der Waals surface area (Å²) in [5.74, 6) is -1.63. The van der Waals surface area contributed by atoms with E-state index in [0.717, 1.165) is 4.90 Å². The number of nitrogens with one attached hydrogen (secondary N) is 1. The Balaban J connectivity index is 1.69. The van der Waals surface area contributed by atoms with Crippen LogP contribution in [-0.2, 0) is 16.1 Å². The Morgan fingerprint density at radius 3 is 2.15 bits per heavy atom. The SMILES string of the molecule is CCNC(=O)C(CC)N(Cc1ccc(F)cc1)C(=O)CCCN1C(=O)c2ccccc2C1=O. The van der Waals surface area contributed by atoms with Crippen LogP contribution in [0.5, 0.6) is 0 Å². The molecule has 2 aromatic carbocycles. The van der Waals surface area contributed by atoms with Gasteiger partial charge in [-0.2, -0.15) is 0 Å². The third-order valence-electron chi connectivity index (χ3n) is 5.65. The van der Waals surface area contributed by atoms with E-state index < -0.39 is 6.04 Å². The minimum absolute atomic E-state index is 0.0600. The second-order valence-electron chi connectivity index (χ2n) is 7.88. The van der Waals surface area contributed by atoms with Crippen LogP contribution in [0.2, 0.25) is 0 Å². The van der Waals surface area contributed by atoms with E-state index in [-0.39, 0.29) is 55.4 Å². The second-order valence-corrected chi connectivity index (χ2v) is 7.88. The number of benzene rings is 2. The number of amides is 4. The molecule has 0 saturated heterocycles. The molecular weight excluding hydrogens is 425 g/mol. The smallest absolute Gasteiger partial charge is 0.261 e. The number of nitrogens with zero attached hydrogens (tertiary/aromatic N) is 2. The highest BCUT2D eigenvalue weighted by Gasteiger charge is 2.35. The van der Waals surface area contributed by atoms with Crippen molar-refractivity contribution in [3.05, 3.63) is 71.0 Å². The Kier molecular flexibility index (Phi) is 7.92. The van der Waals surface area contributed by atoms with Crippen LogP contribution in [-0.4, -0.2) is 52.6 Å². The maximum atomic E-state index is 13.3. The second kappa shape index (κ2) is 10.8. The Morgan fingerprint density at radius 2 is 1.61 bits per heavy atom. The lowest BCUT2D eigenvalue weighted by Crippen LogP contribution is -2.49. The zero-order valence-corrected chi connectivity index (χ0v) is 18.8. The molecule has 1 aliphatic rings. The van der Waals surface area contributed by atoms with E-state index in [2.05, 4.69) is 5.32 Å². The maximum Gasteiger partial charge on any atom is 0.261 e. The summed E-state index contributed by atoms with van der Waals surface area (Å²) in [6.07, 6.45) is 0.748. The molecule has 1 heterocycles. The topological polar surface area (TPSA) is 86.8 Å². The van der Waals surface area contributed by atoms with Gasteiger partial charge in [0.2, 0.25) is 11.8 Å². The highest BCUT2D eigenvalue weighted by atomic mass is 19.1. The predicted octanol–water partition coefficient (Wildman–Crippen LogP) is 3.15. The third kappa shape index (κ3) is 5.45. The van der Waals surface area contributed by atoms with E-state index in [4.69, 9.17) is 0 Å². The molecule has 1 aliphatic heterocycles. The van der Waals surface area contributed by atoms with Crippen LogP contribution in [0, 0.1) is 5.82 Å². The summed E-state index contributed by atoms with van der Waals surface area (Å²) in [4.78, 5) is 53.5. The van der Waals surface area contributed by atoms with E-state index in [9.17, 15) is 23.6 Å². The number of rotatable bonds is 10. The molecule has 1 unspecified atom stereocenters. The molecule has 0 radical (unpaired) electrons. The molecule has 1 atom stereocenters. The lowest BCUT2D eigenvalue weighted by atomic mass is 10.1. The van der Waals surface area contributed by atoms with Crippen molar-refractivity contribution >= 4 is 23.6 Å². The molecule has 0 aromatic heterocycles. The minimum atomic E-state index is -0.679. The van der Waals surface area contributed by atoms with Gasteiger partial charge in [-0.15, -0.1) is 0 Å². The fourth-order valence-corrected chi connectivity index (χ4v) is 3.97. The average molecular weight is 454 g/mol. The van der Waals surface area contributed by atoms with E-state index in [0.29, 0.717) is 29.7 Å². The van der Waals surface area contributed by atoms with Gasteiger partial charge in [0, 0.05) is 26.1 Å². The summed E-state index contributed by atoms with van der Waals surface area (Å²) in [6.45, 7) is 4.33. The zero-order valence-electron chi connectivity index (χ0n) is 18.8. The summed E-state index contributed by atoms with van der Waals surface area (Å²) in [7, 11) is 0. The molecular formula is C25H28FN3O4. The van der Waals surface area contributed by atoms with E-state index in [1.807, 2.05) is 6.92 Å². The molecule has 0 spiro atoms. The molecule has 0 saturated carbocycles. The van der Waals surface area contributed by atoms with Crippen LogP contribution in [0.4, 0.5) is 4.39 Å². The number of fused-ring (bicyclic) bond motifs is 1. The van der Waals surface area contributed by atoms with Crippen LogP contribution in [0.3, 0.4) is 0 Å². The first-order chi connectivity index (χ1) is 15.9. The Hall–Kier alpha value is -3.55. The van der Waals surface area contributed by atoms with Crippen molar-refractivity contribution in [3.8, 4) is 0 Å². The van der Waals surface area contributed by atoms with Gasteiger partial charge in [-0.1, -0.05) is 31.2 Å². The third-order valence-corrected chi connectivity index (χ3v) is 5.65. The summed E-state index contributed by atoms with van der Waals surface area (Å²) >= 11 is 0. The van der Waals surface area contributed by atoms with Crippen molar-refractivity contribution in [2.24, 2.45) is 0 Å². The van der Waals surface area contributed by atoms with Gasteiger partial charge in [-0.05, 0) is 49.6 Å². The molecule has 3 rings (SSSR count). The fraction of sp³-hybridized carbons (Fsp3) is 0.360. The normalized spacial score (nSPS) is 13.6. The number of carbonyl (C=O) groups excluding carboxylic acids is 4. The molecule has 8 heteroatoms. The first kappa shape index (κ1) is 24.1. The van der Waals surface area contributed by atoms with Gasteiger partial charge in [0.15, 0.2) is 0 Å². The monoisotopic (exact) mass is 453 g/mol. The van der Waals surface area contributed by atoms with Gasteiger partial charge in [0.1, 0.15) is 11.9 Å². The van der Waals surface area contributed by atoms with Gasteiger partial charge >= 0.3 is 0 Å². The lowest BCUT2D eigenvalue weighted by molar-refractivity contribution is -0.141. The van der Waals surface area contributed by atoms with Crippen molar-refractivity contribution in [1.82, 2.24) is 15.1 Å². The van der Waals surface area contributed by atoms with Gasteiger partial charge in [-0.25, -0.2) is 4.39 Å². The molecule has 0 bridgehead atoms. The number of carbonyl (C=O) groups is 4. The van der Waals surface area contributed by atoms with Crippen molar-refractivity contribution in [3.63, 3.8) is 0 Å². The van der Waals surface area contributed by atoms with Gasteiger partial charge in [0.05, 0.1) is 11.1 Å². The minimum Gasteiger partial charge on any atom is -0.355 e. The summed E-state index contributed by atoms with van der Waals surface area (Å²) in [5, 5.41) is 2.76. The molecule has 1 N–H and O–H groups in total. The summed E-state index contributed by atoms with van der Waals surface area (Å²) in [5.41, 5.74) is 1.44. The molecule has 0 fully saturated rings. The number of hydrogen-bond acceptors (Lipinski definition) is 4. The number of likely N-dealkylation sites (N-methyl/N-ethyl adjacent to an activating group) is 1. The fourth-order valence-electron chi connectivity index (χ4n) is 3.97. The van der Waals surface area contributed by atoms with Crippen molar-refractivity contribution in [1.29, 1.82) is 0 Å². The summed E-state index contributed by atoms with van der Waals surface area (Å²) < 4.78 is 13.3. The highest BCUT2D eigenvalue weighted by Crippen LogP contribution is 2.23. The number of imide groups is 1. The molecule has 4 amide bonds. The number of halogens is 1. The van der Waals surface area contributed by atoms with Gasteiger partial charge in [-0.3, -0.25) is 24.1 Å². The van der Waals surface area contributed by atoms with Crippen molar-refractivity contribution < 1.29 is 23.6 Å². The van der Waals surface area contributed by atoms with Crippen LogP contribution in [0.1, 0.15) is 59.4 Å². The van der Waals surface area contributed by atoms with Gasteiger partial charge in [0.25, 0.3) is 11.8 Å². The lowest BCUT2D eigenvalue weighted by Gasteiger charge is -2.30. The van der Waals surface area contributed by atoms with Crippen LogP contribution in [0.15, 0.2) is 48.5 Å². The molecule has 2 aromatic rings. The van der Waals surface area contributed by atoms with E-state index >= 15 is 0 Å².